The summed E-state index contributed by atoms with van der Waals surface area (Å²) < 4.78 is 6.78. The number of methoxy groups -OCH3 is 1. The number of nitrogens with one attached hydrogen (secondary N) is 2. The number of amides is 1. The molecule has 0 bridgehead atoms. The highest BCUT2D eigenvalue weighted by molar-refractivity contribution is 7.23. The minimum Gasteiger partial charge on any atom is -0.494 e. The second-order valence-corrected chi connectivity index (χ2v) is 7.96. The molecule has 0 saturated carbocycles. The Bertz CT molecular complexity index is 894. The van der Waals surface area contributed by atoms with E-state index in [-0.39, 0.29) is 0 Å². The molecule has 2 N–H and O–H groups in total. The average molecular weight is 409 g/mol. The first-order valence-electron chi connectivity index (χ1n) is 6.14. The summed E-state index contributed by atoms with van der Waals surface area (Å²) in [6, 6.07) is 4.97. The number of thiophene rings is 1. The molecule has 0 unspecified atom stereocenters. The number of anilines is 1. The van der Waals surface area contributed by atoms with Crippen molar-refractivity contribution >= 4 is 78.7 Å². The lowest BCUT2D eigenvalue weighted by molar-refractivity contribution is 0.0963. The summed E-state index contributed by atoms with van der Waals surface area (Å²) in [5.74, 6) is 0.197. The first-order chi connectivity index (χ1) is 11.0. The third-order valence-corrected chi connectivity index (χ3v) is 5.78. The normalized spacial score (nSPS) is 10.8. The van der Waals surface area contributed by atoms with Crippen LogP contribution in [0.2, 0.25) is 13.7 Å². The van der Waals surface area contributed by atoms with E-state index < -0.39 is 5.91 Å². The molecule has 0 radical (unpaired) electrons. The van der Waals surface area contributed by atoms with E-state index in [4.69, 9.17) is 39.5 Å². The second-order valence-electron chi connectivity index (χ2n) is 4.26. The molecule has 0 aliphatic carbocycles. The second kappa shape index (κ2) is 6.70. The van der Waals surface area contributed by atoms with Gasteiger partial charge in [-0.25, -0.2) is 4.98 Å². The van der Waals surface area contributed by atoms with Gasteiger partial charge < -0.3 is 4.74 Å². The number of aromatic nitrogens is 1. The monoisotopic (exact) mass is 407 g/mol. The van der Waals surface area contributed by atoms with Crippen LogP contribution in [0.1, 0.15) is 10.4 Å². The van der Waals surface area contributed by atoms with E-state index in [2.05, 4.69) is 15.8 Å². The third-order valence-electron chi connectivity index (χ3n) is 2.86. The first-order valence-corrected chi connectivity index (χ1v) is 8.90. The van der Waals surface area contributed by atoms with Gasteiger partial charge in [0.1, 0.15) is 15.6 Å². The Morgan fingerprint density at radius 1 is 1.26 bits per heavy atom. The number of fused-ring (bicyclic) bond motifs is 1. The van der Waals surface area contributed by atoms with Crippen molar-refractivity contribution in [3.05, 3.63) is 37.5 Å². The number of carbonyl (C=O) groups excluding carboxylic acids is 1. The van der Waals surface area contributed by atoms with E-state index >= 15 is 0 Å². The van der Waals surface area contributed by atoms with Crippen molar-refractivity contribution in [3.8, 4) is 5.75 Å². The molecule has 0 saturated heterocycles. The maximum Gasteiger partial charge on any atom is 0.272 e. The highest BCUT2D eigenvalue weighted by atomic mass is 35.5. The fourth-order valence-corrected chi connectivity index (χ4v) is 4.41. The van der Waals surface area contributed by atoms with E-state index in [1.165, 1.54) is 17.4 Å². The summed E-state index contributed by atoms with van der Waals surface area (Å²) in [4.78, 5) is 16.4. The maximum atomic E-state index is 12.1. The molecule has 1 aromatic carbocycles. The number of benzene rings is 1. The molecule has 0 spiro atoms. The number of thiazole rings is 1. The lowest BCUT2D eigenvalue weighted by Gasteiger charge is -2.04. The summed E-state index contributed by atoms with van der Waals surface area (Å²) in [5.41, 5.74) is 6.19. The topological polar surface area (TPSA) is 63.2 Å². The van der Waals surface area contributed by atoms with Crippen molar-refractivity contribution < 1.29 is 9.53 Å². The number of hydrazine groups is 1. The van der Waals surface area contributed by atoms with Crippen LogP contribution in [0.4, 0.5) is 5.13 Å². The molecule has 1 amide bonds. The largest absolute Gasteiger partial charge is 0.494 e. The van der Waals surface area contributed by atoms with Crippen molar-refractivity contribution in [1.82, 2.24) is 10.4 Å². The average Bonchev–Trinajstić information content (AvgIpc) is 3.09. The summed E-state index contributed by atoms with van der Waals surface area (Å²) in [7, 11) is 1.55. The van der Waals surface area contributed by atoms with Crippen LogP contribution in [0.5, 0.6) is 5.75 Å². The SMILES string of the molecule is COc1ccc(Cl)c2sc(NNC(=O)c3cc(Cl)sc3Cl)nc12. The Kier molecular flexibility index (Phi) is 4.84. The number of nitrogens with zero attached hydrogens (tertiary/aromatic N) is 1. The Labute approximate surface area is 154 Å². The summed E-state index contributed by atoms with van der Waals surface area (Å²) in [6.07, 6.45) is 0. The van der Waals surface area contributed by atoms with Gasteiger partial charge in [0.2, 0.25) is 5.13 Å². The van der Waals surface area contributed by atoms with Gasteiger partial charge in [0.05, 0.1) is 26.7 Å². The Morgan fingerprint density at radius 3 is 2.70 bits per heavy atom. The molecule has 0 aliphatic heterocycles. The van der Waals surface area contributed by atoms with Gasteiger partial charge in [0, 0.05) is 0 Å². The standard InChI is InChI=1S/C13H8Cl3N3O2S2/c1-21-7-3-2-6(14)10-9(7)17-13(23-10)19-18-12(20)5-4-8(15)22-11(5)16/h2-4H,1H3,(H,17,19)(H,18,20). The lowest BCUT2D eigenvalue weighted by Crippen LogP contribution is -2.29. The molecule has 10 heteroatoms. The minimum atomic E-state index is -0.407. The summed E-state index contributed by atoms with van der Waals surface area (Å²) in [6.45, 7) is 0. The zero-order valence-corrected chi connectivity index (χ0v) is 15.3. The van der Waals surface area contributed by atoms with Crippen molar-refractivity contribution in [2.24, 2.45) is 0 Å². The van der Waals surface area contributed by atoms with E-state index in [0.29, 0.717) is 35.7 Å². The van der Waals surface area contributed by atoms with Gasteiger partial charge in [-0.15, -0.1) is 11.3 Å². The Morgan fingerprint density at radius 2 is 2.04 bits per heavy atom. The van der Waals surface area contributed by atoms with Crippen LogP contribution in [-0.2, 0) is 0 Å². The number of hydrogen-bond donors (Lipinski definition) is 2. The molecule has 0 aliphatic rings. The van der Waals surface area contributed by atoms with E-state index in [0.717, 1.165) is 16.0 Å². The van der Waals surface area contributed by atoms with Crippen LogP contribution in [0.3, 0.4) is 0 Å². The molecule has 3 rings (SSSR count). The fraction of sp³-hybridized carbons (Fsp3) is 0.0769. The zero-order chi connectivity index (χ0) is 16.6. The molecule has 0 atom stereocenters. The molecule has 2 heterocycles. The molecule has 120 valence electrons. The Balaban J connectivity index is 1.81. The molecule has 3 aromatic rings. The molecule has 2 aromatic heterocycles. The van der Waals surface area contributed by atoms with Gasteiger partial charge in [-0.3, -0.25) is 15.6 Å². The highest BCUT2D eigenvalue weighted by Crippen LogP contribution is 2.37. The predicted molar refractivity (Wildman–Crippen MR) is 96.6 cm³/mol. The first kappa shape index (κ1) is 16.6. The fourth-order valence-electron chi connectivity index (χ4n) is 1.84. The van der Waals surface area contributed by atoms with E-state index in [9.17, 15) is 4.79 Å². The maximum absolute atomic E-state index is 12.1. The van der Waals surface area contributed by atoms with E-state index in [1.807, 2.05) is 0 Å². The number of ether oxygens (including phenoxy) is 1. The van der Waals surface area contributed by atoms with Gasteiger partial charge in [-0.1, -0.05) is 46.1 Å². The van der Waals surface area contributed by atoms with E-state index in [1.54, 1.807) is 19.2 Å². The van der Waals surface area contributed by atoms with Crippen LogP contribution in [0, 0.1) is 0 Å². The Hall–Kier alpha value is -1.25. The van der Waals surface area contributed by atoms with Crippen LogP contribution in [0.25, 0.3) is 10.2 Å². The van der Waals surface area contributed by atoms with Gasteiger partial charge in [-0.05, 0) is 18.2 Å². The van der Waals surface area contributed by atoms with Crippen LogP contribution < -0.4 is 15.6 Å². The van der Waals surface area contributed by atoms with Crippen molar-refractivity contribution in [3.63, 3.8) is 0 Å². The van der Waals surface area contributed by atoms with Crippen LogP contribution >= 0.6 is 57.5 Å². The van der Waals surface area contributed by atoms with Gasteiger partial charge in [0.25, 0.3) is 5.91 Å². The summed E-state index contributed by atoms with van der Waals surface area (Å²) >= 11 is 20.3. The van der Waals surface area contributed by atoms with Crippen molar-refractivity contribution in [1.29, 1.82) is 0 Å². The van der Waals surface area contributed by atoms with Crippen LogP contribution in [0.15, 0.2) is 18.2 Å². The molecule has 0 fully saturated rings. The van der Waals surface area contributed by atoms with Crippen molar-refractivity contribution in [2.45, 2.75) is 0 Å². The van der Waals surface area contributed by atoms with Gasteiger partial charge in [-0.2, -0.15) is 0 Å². The van der Waals surface area contributed by atoms with Gasteiger partial charge >= 0.3 is 0 Å². The molecular formula is C13H8Cl3N3O2S2. The van der Waals surface area contributed by atoms with Crippen molar-refractivity contribution in [2.75, 3.05) is 12.5 Å². The third kappa shape index (κ3) is 3.34. The zero-order valence-electron chi connectivity index (χ0n) is 11.4. The number of hydrogen-bond acceptors (Lipinski definition) is 6. The summed E-state index contributed by atoms with van der Waals surface area (Å²) in [5, 5.41) is 1.03. The molecular weight excluding hydrogens is 401 g/mol. The highest BCUT2D eigenvalue weighted by Gasteiger charge is 2.16. The lowest BCUT2D eigenvalue weighted by atomic mass is 10.3. The number of halogens is 3. The quantitative estimate of drug-likeness (QED) is 0.591. The molecule has 23 heavy (non-hydrogen) atoms. The minimum absolute atomic E-state index is 0.297. The number of carbonyl (C=O) groups is 1. The van der Waals surface area contributed by atoms with Crippen LogP contribution in [-0.4, -0.2) is 18.0 Å². The molecule has 5 nitrogen and oxygen atoms in total. The van der Waals surface area contributed by atoms with Gasteiger partial charge in [0.15, 0.2) is 0 Å². The smallest absolute Gasteiger partial charge is 0.272 e. The predicted octanol–water partition coefficient (Wildman–Crippen LogP) is 5.08. The number of rotatable bonds is 4.